The van der Waals surface area contributed by atoms with Crippen molar-refractivity contribution in [1.29, 1.82) is 0 Å². The Kier molecular flexibility index (Phi) is 2.75. The fourth-order valence-corrected chi connectivity index (χ4v) is 1.93. The first-order valence-corrected chi connectivity index (χ1v) is 5.74. The van der Waals surface area contributed by atoms with E-state index in [1.165, 1.54) is 0 Å². The lowest BCUT2D eigenvalue weighted by Gasteiger charge is -2.03. The van der Waals surface area contributed by atoms with Crippen molar-refractivity contribution in [1.82, 2.24) is 9.55 Å². The maximum Gasteiger partial charge on any atom is 0.418 e. The molecule has 0 saturated carbocycles. The van der Waals surface area contributed by atoms with Gasteiger partial charge in [-0.2, -0.15) is 18.2 Å². The number of alkyl halides is 3. The van der Waals surface area contributed by atoms with Crippen LogP contribution in [0, 0.1) is 0 Å². The van der Waals surface area contributed by atoms with Crippen molar-refractivity contribution in [2.75, 3.05) is 0 Å². The van der Waals surface area contributed by atoms with E-state index in [1.54, 1.807) is 24.3 Å². The van der Waals surface area contributed by atoms with E-state index in [2.05, 4.69) is 4.98 Å². The first kappa shape index (κ1) is 13.2. The molecule has 0 atom stereocenters. The summed E-state index contributed by atoms with van der Waals surface area (Å²) in [5.41, 5.74) is -1.25. The highest BCUT2D eigenvalue weighted by atomic mass is 19.4. The van der Waals surface area contributed by atoms with Crippen molar-refractivity contribution in [3.8, 4) is 6.01 Å². The normalized spacial score (nSPS) is 12.0. The van der Waals surface area contributed by atoms with Gasteiger partial charge in [0.15, 0.2) is 5.58 Å². The van der Waals surface area contributed by atoms with Gasteiger partial charge in [-0.25, -0.2) is 4.79 Å². The molecule has 0 aliphatic heterocycles. The average molecular weight is 296 g/mol. The third kappa shape index (κ3) is 2.24. The molecule has 3 rings (SSSR count). The molecule has 21 heavy (non-hydrogen) atoms. The van der Waals surface area contributed by atoms with Crippen LogP contribution in [0.1, 0.15) is 15.9 Å². The topological polar surface area (TPSA) is 68.3 Å². The molecule has 0 amide bonds. The molecule has 1 aromatic carbocycles. The van der Waals surface area contributed by atoms with Gasteiger partial charge in [-0.05, 0) is 12.1 Å². The van der Waals surface area contributed by atoms with Gasteiger partial charge in [-0.3, -0.25) is 4.57 Å². The number of rotatable bonds is 2. The van der Waals surface area contributed by atoms with Gasteiger partial charge in [0, 0.05) is 12.4 Å². The summed E-state index contributed by atoms with van der Waals surface area (Å²) in [6.45, 7) is 0. The number of carboxylic acids is 1. The maximum atomic E-state index is 12.8. The predicted octanol–water partition coefficient (Wildman–Crippen LogP) is 3.34. The lowest BCUT2D eigenvalue weighted by Crippen LogP contribution is -2.09. The number of fused-ring (bicyclic) bond motifs is 1. The molecule has 0 aliphatic rings. The lowest BCUT2D eigenvalue weighted by molar-refractivity contribution is -0.138. The second kappa shape index (κ2) is 4.37. The number of aromatic carboxylic acids is 1. The fraction of sp³-hybridized carbons (Fsp3) is 0.0769. The maximum absolute atomic E-state index is 12.8. The van der Waals surface area contributed by atoms with Crippen LogP contribution in [0.2, 0.25) is 0 Å². The Hall–Kier alpha value is -2.77. The van der Waals surface area contributed by atoms with E-state index in [1.807, 2.05) is 0 Å². The Morgan fingerprint density at radius 2 is 1.95 bits per heavy atom. The highest BCUT2D eigenvalue weighted by molar-refractivity contribution is 5.89. The molecule has 1 N–H and O–H groups in total. The van der Waals surface area contributed by atoms with E-state index >= 15 is 0 Å². The molecule has 2 aromatic heterocycles. The molecule has 2 heterocycles. The van der Waals surface area contributed by atoms with Gasteiger partial charge >= 0.3 is 18.2 Å². The fourth-order valence-electron chi connectivity index (χ4n) is 1.93. The zero-order chi connectivity index (χ0) is 15.2. The Morgan fingerprint density at radius 1 is 1.24 bits per heavy atom. The van der Waals surface area contributed by atoms with Gasteiger partial charge in [-0.1, -0.05) is 12.1 Å². The molecule has 0 unspecified atom stereocenters. The lowest BCUT2D eigenvalue weighted by atomic mass is 10.2. The second-order valence-electron chi connectivity index (χ2n) is 4.26. The zero-order valence-electron chi connectivity index (χ0n) is 10.3. The third-order valence-corrected chi connectivity index (χ3v) is 2.87. The SMILES string of the molecule is O=C(O)c1cn(-c2nc3ccccc3o2)cc1C(F)(F)F. The average Bonchev–Trinajstić information content (AvgIpc) is 3.02. The number of benzene rings is 1. The van der Waals surface area contributed by atoms with Crippen LogP contribution in [0.3, 0.4) is 0 Å². The van der Waals surface area contributed by atoms with Gasteiger partial charge in [0.1, 0.15) is 5.52 Å². The highest BCUT2D eigenvalue weighted by Gasteiger charge is 2.37. The van der Waals surface area contributed by atoms with Crippen molar-refractivity contribution in [2.24, 2.45) is 0 Å². The van der Waals surface area contributed by atoms with Crippen LogP contribution in [-0.2, 0) is 6.18 Å². The molecule has 108 valence electrons. The van der Waals surface area contributed by atoms with Crippen LogP contribution >= 0.6 is 0 Å². The minimum Gasteiger partial charge on any atom is -0.478 e. The molecule has 5 nitrogen and oxygen atoms in total. The Bertz CT molecular complexity index is 800. The summed E-state index contributed by atoms with van der Waals surface area (Å²) in [7, 11) is 0. The summed E-state index contributed by atoms with van der Waals surface area (Å²) in [5.74, 6) is -1.67. The highest BCUT2D eigenvalue weighted by Crippen LogP contribution is 2.33. The van der Waals surface area contributed by atoms with Crippen LogP contribution in [-0.4, -0.2) is 20.6 Å². The molecule has 0 spiro atoms. The van der Waals surface area contributed by atoms with Gasteiger partial charge in [-0.15, -0.1) is 0 Å². The van der Waals surface area contributed by atoms with Gasteiger partial charge in [0.25, 0.3) is 0 Å². The number of carboxylic acid groups (broad SMARTS) is 1. The predicted molar refractivity (Wildman–Crippen MR) is 65.3 cm³/mol. The Labute approximate surface area is 115 Å². The van der Waals surface area contributed by atoms with Crippen LogP contribution in [0.4, 0.5) is 13.2 Å². The first-order valence-electron chi connectivity index (χ1n) is 5.74. The number of hydrogen-bond acceptors (Lipinski definition) is 3. The zero-order valence-corrected chi connectivity index (χ0v) is 10.3. The molecule has 0 bridgehead atoms. The van der Waals surface area contributed by atoms with Crippen LogP contribution < -0.4 is 0 Å². The van der Waals surface area contributed by atoms with E-state index in [0.29, 0.717) is 17.3 Å². The van der Waals surface area contributed by atoms with E-state index in [0.717, 1.165) is 10.8 Å². The van der Waals surface area contributed by atoms with Crippen molar-refractivity contribution < 1.29 is 27.5 Å². The molecule has 3 aromatic rings. The molecule has 0 aliphatic carbocycles. The van der Waals surface area contributed by atoms with Crippen molar-refractivity contribution in [2.45, 2.75) is 6.18 Å². The molecule has 0 saturated heterocycles. The molecule has 0 radical (unpaired) electrons. The smallest absolute Gasteiger partial charge is 0.418 e. The monoisotopic (exact) mass is 296 g/mol. The minimum absolute atomic E-state index is 0.130. The second-order valence-corrected chi connectivity index (χ2v) is 4.26. The van der Waals surface area contributed by atoms with Gasteiger partial charge in [0.2, 0.25) is 0 Å². The summed E-state index contributed by atoms with van der Waals surface area (Å²) < 4.78 is 44.7. The number of halogens is 3. The van der Waals surface area contributed by atoms with Gasteiger partial charge in [0.05, 0.1) is 11.1 Å². The quantitative estimate of drug-likeness (QED) is 0.787. The first-order chi connectivity index (χ1) is 9.86. The Morgan fingerprint density at radius 3 is 2.52 bits per heavy atom. The number of nitrogens with zero attached hydrogens (tertiary/aromatic N) is 2. The third-order valence-electron chi connectivity index (χ3n) is 2.87. The van der Waals surface area contributed by atoms with E-state index in [4.69, 9.17) is 9.52 Å². The van der Waals surface area contributed by atoms with E-state index < -0.39 is 23.3 Å². The van der Waals surface area contributed by atoms with Crippen molar-refractivity contribution in [3.63, 3.8) is 0 Å². The van der Waals surface area contributed by atoms with Crippen LogP contribution in [0.25, 0.3) is 17.1 Å². The van der Waals surface area contributed by atoms with Crippen LogP contribution in [0.5, 0.6) is 0 Å². The van der Waals surface area contributed by atoms with E-state index in [9.17, 15) is 18.0 Å². The summed E-state index contributed by atoms with van der Waals surface area (Å²) in [4.78, 5) is 14.9. The molecule has 8 heteroatoms. The summed E-state index contributed by atoms with van der Waals surface area (Å²) in [6, 6.07) is 6.51. The summed E-state index contributed by atoms with van der Waals surface area (Å²) >= 11 is 0. The number of aromatic nitrogens is 2. The number of carbonyl (C=O) groups is 1. The number of oxazole rings is 1. The molecular formula is C13H7F3N2O3. The Balaban J connectivity index is 2.16. The number of hydrogen-bond donors (Lipinski definition) is 1. The molecular weight excluding hydrogens is 289 g/mol. The van der Waals surface area contributed by atoms with Crippen molar-refractivity contribution in [3.05, 3.63) is 47.8 Å². The molecule has 0 fully saturated rings. The van der Waals surface area contributed by atoms with Crippen LogP contribution in [0.15, 0.2) is 41.1 Å². The number of para-hydroxylation sites is 2. The largest absolute Gasteiger partial charge is 0.478 e. The standard InChI is InChI=1S/C13H7F3N2O3/c14-13(15,16)8-6-18(5-7(8)11(19)20)12-17-9-3-1-2-4-10(9)21-12/h1-6H,(H,19,20). The minimum atomic E-state index is -4.77. The van der Waals surface area contributed by atoms with E-state index in [-0.39, 0.29) is 6.01 Å². The summed E-state index contributed by atoms with van der Waals surface area (Å²) in [6.07, 6.45) is -3.30. The summed E-state index contributed by atoms with van der Waals surface area (Å²) in [5, 5.41) is 8.86. The van der Waals surface area contributed by atoms with Crippen molar-refractivity contribution >= 4 is 17.1 Å². The van der Waals surface area contributed by atoms with Gasteiger partial charge < -0.3 is 9.52 Å².